The van der Waals surface area contributed by atoms with Crippen LogP contribution in [0.2, 0.25) is 0 Å². The number of anilines is 1. The molecule has 1 aliphatic heterocycles. The molecule has 0 unspecified atom stereocenters. The molecule has 1 heterocycles. The Kier molecular flexibility index (Phi) is 4.65. The van der Waals surface area contributed by atoms with Gasteiger partial charge in [0.15, 0.2) is 0 Å². The second kappa shape index (κ2) is 6.26. The van der Waals surface area contributed by atoms with E-state index in [4.69, 9.17) is 0 Å². The summed E-state index contributed by atoms with van der Waals surface area (Å²) in [4.78, 5) is 13.4. The van der Waals surface area contributed by atoms with E-state index in [1.165, 1.54) is 0 Å². The van der Waals surface area contributed by atoms with Gasteiger partial charge in [0.2, 0.25) is 15.9 Å². The van der Waals surface area contributed by atoms with Crippen molar-refractivity contribution in [3.63, 3.8) is 0 Å². The molecule has 1 atom stereocenters. The zero-order valence-electron chi connectivity index (χ0n) is 11.6. The van der Waals surface area contributed by atoms with Crippen LogP contribution in [0.5, 0.6) is 0 Å². The minimum absolute atomic E-state index is 0.0182. The predicted octanol–water partition coefficient (Wildman–Crippen LogP) is 1.83. The number of para-hydroxylation sites is 1. The molecule has 0 aliphatic carbocycles. The lowest BCUT2D eigenvalue weighted by Crippen LogP contribution is -2.46. The molecule has 20 heavy (non-hydrogen) atoms. The Labute approximate surface area is 120 Å². The second-order valence-corrected chi connectivity index (χ2v) is 6.93. The zero-order valence-corrected chi connectivity index (χ0v) is 12.4. The molecule has 0 aromatic heterocycles. The summed E-state index contributed by atoms with van der Waals surface area (Å²) in [5.74, 6) is 0.0182. The van der Waals surface area contributed by atoms with Crippen molar-refractivity contribution in [2.24, 2.45) is 0 Å². The molecule has 1 amide bonds. The van der Waals surface area contributed by atoms with Crippen LogP contribution in [-0.2, 0) is 14.8 Å². The molecule has 1 fully saturated rings. The van der Waals surface area contributed by atoms with Crippen molar-refractivity contribution < 1.29 is 13.2 Å². The third-order valence-corrected chi connectivity index (χ3v) is 5.29. The van der Waals surface area contributed by atoms with Crippen LogP contribution in [0.25, 0.3) is 0 Å². The highest BCUT2D eigenvalue weighted by atomic mass is 32.2. The molecule has 5 nitrogen and oxygen atoms in total. The molecule has 0 radical (unpaired) electrons. The van der Waals surface area contributed by atoms with Gasteiger partial charge in [-0.05, 0) is 25.0 Å². The molecule has 0 bridgehead atoms. The van der Waals surface area contributed by atoms with Crippen LogP contribution in [0.15, 0.2) is 30.3 Å². The van der Waals surface area contributed by atoms with Gasteiger partial charge in [-0.1, -0.05) is 25.1 Å². The molecule has 1 N–H and O–H groups in total. The van der Waals surface area contributed by atoms with Gasteiger partial charge in [-0.2, -0.15) is 0 Å². The van der Waals surface area contributed by atoms with Gasteiger partial charge in [-0.25, -0.2) is 8.42 Å². The first-order valence-corrected chi connectivity index (χ1v) is 8.42. The quantitative estimate of drug-likeness (QED) is 0.921. The molecule has 1 aromatic rings. The van der Waals surface area contributed by atoms with Crippen LogP contribution in [0.1, 0.15) is 26.2 Å². The Bertz CT molecular complexity index is 557. The van der Waals surface area contributed by atoms with Crippen molar-refractivity contribution in [3.05, 3.63) is 30.3 Å². The third-order valence-electron chi connectivity index (χ3n) is 3.51. The van der Waals surface area contributed by atoms with Crippen molar-refractivity contribution in [1.82, 2.24) is 4.90 Å². The van der Waals surface area contributed by atoms with Crippen LogP contribution in [0.3, 0.4) is 0 Å². The van der Waals surface area contributed by atoms with E-state index in [1.54, 1.807) is 36.1 Å². The van der Waals surface area contributed by atoms with Gasteiger partial charge in [0.1, 0.15) is 0 Å². The smallest absolute Gasteiger partial charge is 0.237 e. The van der Waals surface area contributed by atoms with Crippen LogP contribution in [0.4, 0.5) is 5.69 Å². The highest BCUT2D eigenvalue weighted by Gasteiger charge is 2.32. The number of nitrogens with one attached hydrogen (secondary N) is 1. The van der Waals surface area contributed by atoms with E-state index in [9.17, 15) is 13.2 Å². The summed E-state index contributed by atoms with van der Waals surface area (Å²) in [6.45, 7) is 2.74. The number of carbonyl (C=O) groups is 1. The Hall–Kier alpha value is -1.56. The lowest BCUT2D eigenvalue weighted by Gasteiger charge is -2.32. The van der Waals surface area contributed by atoms with E-state index >= 15 is 0 Å². The minimum atomic E-state index is -3.45. The van der Waals surface area contributed by atoms with Crippen molar-refractivity contribution in [2.45, 2.75) is 31.4 Å². The van der Waals surface area contributed by atoms with Crippen LogP contribution < -0.4 is 4.72 Å². The van der Waals surface area contributed by atoms with E-state index in [2.05, 4.69) is 4.72 Å². The maximum Gasteiger partial charge on any atom is 0.237 e. The Morgan fingerprint density at radius 1 is 1.35 bits per heavy atom. The molecule has 6 heteroatoms. The third kappa shape index (κ3) is 3.50. The molecule has 2 rings (SSSR count). The highest BCUT2D eigenvalue weighted by molar-refractivity contribution is 7.93. The van der Waals surface area contributed by atoms with Gasteiger partial charge >= 0.3 is 0 Å². The highest BCUT2D eigenvalue weighted by Crippen LogP contribution is 2.20. The number of hydrogen-bond acceptors (Lipinski definition) is 3. The average Bonchev–Trinajstić information content (AvgIpc) is 2.47. The Morgan fingerprint density at radius 3 is 2.70 bits per heavy atom. The minimum Gasteiger partial charge on any atom is -0.341 e. The van der Waals surface area contributed by atoms with Gasteiger partial charge in [-0.3, -0.25) is 9.52 Å². The summed E-state index contributed by atoms with van der Waals surface area (Å²) >= 11 is 0. The van der Waals surface area contributed by atoms with Crippen LogP contribution in [0, 0.1) is 0 Å². The fourth-order valence-corrected chi connectivity index (χ4v) is 3.88. The number of sulfonamides is 1. The first kappa shape index (κ1) is 14.8. The maximum absolute atomic E-state index is 12.4. The first-order valence-electron chi connectivity index (χ1n) is 6.87. The Balaban J connectivity index is 2.07. The molecule has 1 aromatic carbocycles. The van der Waals surface area contributed by atoms with Crippen molar-refractivity contribution in [3.8, 4) is 0 Å². The van der Waals surface area contributed by atoms with E-state index in [0.29, 0.717) is 25.1 Å². The zero-order chi connectivity index (χ0) is 14.6. The number of hydrogen-bond donors (Lipinski definition) is 1. The fourth-order valence-electron chi connectivity index (χ4n) is 2.40. The lowest BCUT2D eigenvalue weighted by atomic mass is 10.1. The number of carbonyl (C=O) groups excluding carboxylic acids is 1. The number of nitrogens with zero attached hydrogens (tertiary/aromatic N) is 1. The molecule has 110 valence electrons. The standard InChI is InChI=1S/C14H20N2O3S/c1-2-14(17)16-10-6-9-13(11-16)20(18,19)15-12-7-4-3-5-8-12/h3-5,7-8,13,15H,2,6,9-11H2,1H3/t13-/m1/s1. The van der Waals surface area contributed by atoms with Crippen LogP contribution >= 0.6 is 0 Å². The summed E-state index contributed by atoms with van der Waals surface area (Å²) in [7, 11) is -3.45. The van der Waals surface area contributed by atoms with Gasteiger partial charge in [0.25, 0.3) is 0 Å². The number of piperidine rings is 1. The first-order chi connectivity index (χ1) is 9.53. The fraction of sp³-hybridized carbons (Fsp3) is 0.500. The molecule has 0 spiro atoms. The topological polar surface area (TPSA) is 66.5 Å². The summed E-state index contributed by atoms with van der Waals surface area (Å²) in [6.07, 6.45) is 1.74. The molecular weight excluding hydrogens is 276 g/mol. The van der Waals surface area contributed by atoms with Gasteiger partial charge < -0.3 is 4.90 Å². The normalized spacial score (nSPS) is 19.6. The van der Waals surface area contributed by atoms with Crippen LogP contribution in [-0.4, -0.2) is 37.6 Å². The number of amides is 1. The van der Waals surface area contributed by atoms with E-state index in [-0.39, 0.29) is 12.5 Å². The second-order valence-electron chi connectivity index (χ2n) is 4.97. The largest absolute Gasteiger partial charge is 0.341 e. The summed E-state index contributed by atoms with van der Waals surface area (Å²) in [5.41, 5.74) is 0.562. The average molecular weight is 296 g/mol. The van der Waals surface area contributed by atoms with Crippen molar-refractivity contribution in [1.29, 1.82) is 0 Å². The molecule has 1 aliphatic rings. The molecule has 1 saturated heterocycles. The monoisotopic (exact) mass is 296 g/mol. The number of rotatable bonds is 4. The SMILES string of the molecule is CCC(=O)N1CCC[C@@H](S(=O)(=O)Nc2ccccc2)C1. The van der Waals surface area contributed by atoms with Gasteiger partial charge in [0.05, 0.1) is 5.25 Å². The number of likely N-dealkylation sites (tertiary alicyclic amines) is 1. The number of benzene rings is 1. The van der Waals surface area contributed by atoms with Crippen molar-refractivity contribution in [2.75, 3.05) is 17.8 Å². The summed E-state index contributed by atoms with van der Waals surface area (Å²) < 4.78 is 27.3. The maximum atomic E-state index is 12.4. The van der Waals surface area contributed by atoms with Gasteiger partial charge in [-0.15, -0.1) is 0 Å². The van der Waals surface area contributed by atoms with E-state index < -0.39 is 15.3 Å². The van der Waals surface area contributed by atoms with Crippen molar-refractivity contribution >= 4 is 21.6 Å². The predicted molar refractivity (Wildman–Crippen MR) is 78.9 cm³/mol. The molecular formula is C14H20N2O3S. The Morgan fingerprint density at radius 2 is 2.05 bits per heavy atom. The van der Waals surface area contributed by atoms with E-state index in [1.807, 2.05) is 6.07 Å². The lowest BCUT2D eigenvalue weighted by molar-refractivity contribution is -0.131. The molecule has 0 saturated carbocycles. The summed E-state index contributed by atoms with van der Waals surface area (Å²) in [6, 6.07) is 8.84. The summed E-state index contributed by atoms with van der Waals surface area (Å²) in [5, 5.41) is -0.535. The van der Waals surface area contributed by atoms with E-state index in [0.717, 1.165) is 6.42 Å². The van der Waals surface area contributed by atoms with Gasteiger partial charge in [0, 0.05) is 25.2 Å².